The van der Waals surface area contributed by atoms with Crippen LogP contribution in [0.4, 0.5) is 10.6 Å². The number of hydrogen-bond acceptors (Lipinski definition) is 8. The van der Waals surface area contributed by atoms with E-state index in [1.54, 1.807) is 23.0 Å². The number of likely N-dealkylation sites (tertiary alicyclic amines) is 1. The summed E-state index contributed by atoms with van der Waals surface area (Å²) in [6, 6.07) is 7.88. The highest BCUT2D eigenvalue weighted by atomic mass is 16.5. The Bertz CT molecular complexity index is 1400. The Labute approximate surface area is 207 Å². The number of pyridine rings is 1. The standard InChI is InChI=1S/C25H29N7O4/c1-30-9-6-16(7-10-30)31(2)24-18-13-21(36-20(18)5-8-26-24)19-14-27-22-3-4-23(29-32(19)22)35-17-11-15(12-17)28-25(33)34/h3-5,8,13-17,28H,6-7,9-12H2,1-2H3,(H,33,34)/t15-,17-. The van der Waals surface area contributed by atoms with Crippen molar-refractivity contribution in [2.45, 2.75) is 43.9 Å². The second-order valence-electron chi connectivity index (χ2n) is 9.75. The largest absolute Gasteiger partial charge is 0.473 e. The summed E-state index contributed by atoms with van der Waals surface area (Å²) in [6.07, 6.45) is 5.89. The third kappa shape index (κ3) is 4.19. The average molecular weight is 492 g/mol. The topological polar surface area (TPSA) is 121 Å². The number of fused-ring (bicyclic) bond motifs is 2. The van der Waals surface area contributed by atoms with E-state index in [4.69, 9.17) is 19.2 Å². The minimum absolute atomic E-state index is 0.0753. The fourth-order valence-corrected chi connectivity index (χ4v) is 5.12. The molecule has 2 N–H and O–H groups in total. The Balaban J connectivity index is 1.26. The number of ether oxygens (including phenoxy) is 1. The van der Waals surface area contributed by atoms with Gasteiger partial charge in [0.05, 0.1) is 11.6 Å². The van der Waals surface area contributed by atoms with Gasteiger partial charge >= 0.3 is 6.09 Å². The molecule has 4 aromatic rings. The predicted molar refractivity (Wildman–Crippen MR) is 134 cm³/mol. The lowest BCUT2D eigenvalue weighted by atomic mass is 9.89. The van der Waals surface area contributed by atoms with Crippen molar-refractivity contribution in [3.8, 4) is 17.3 Å². The molecule has 1 amide bonds. The minimum Gasteiger partial charge on any atom is -0.473 e. The summed E-state index contributed by atoms with van der Waals surface area (Å²) in [7, 11) is 4.28. The third-order valence-electron chi connectivity index (χ3n) is 7.29. The maximum atomic E-state index is 10.8. The molecule has 188 valence electrons. The van der Waals surface area contributed by atoms with Crippen LogP contribution in [0.25, 0.3) is 28.1 Å². The highest BCUT2D eigenvalue weighted by Gasteiger charge is 2.32. The van der Waals surface area contributed by atoms with E-state index in [9.17, 15) is 4.79 Å². The number of rotatable bonds is 6. The van der Waals surface area contributed by atoms with Crippen molar-refractivity contribution in [2.24, 2.45) is 0 Å². The number of nitrogens with one attached hydrogen (secondary N) is 1. The van der Waals surface area contributed by atoms with Gasteiger partial charge in [0.25, 0.3) is 0 Å². The molecule has 0 bridgehead atoms. The highest BCUT2D eigenvalue weighted by molar-refractivity contribution is 5.92. The van der Waals surface area contributed by atoms with Crippen LogP contribution in [0.2, 0.25) is 0 Å². The first-order valence-electron chi connectivity index (χ1n) is 12.3. The van der Waals surface area contributed by atoms with Gasteiger partial charge in [-0.2, -0.15) is 0 Å². The van der Waals surface area contributed by atoms with E-state index >= 15 is 0 Å². The van der Waals surface area contributed by atoms with Gasteiger partial charge in [-0.3, -0.25) is 0 Å². The summed E-state index contributed by atoms with van der Waals surface area (Å²) >= 11 is 0. The van der Waals surface area contributed by atoms with Crippen LogP contribution in [0.15, 0.2) is 41.1 Å². The van der Waals surface area contributed by atoms with Gasteiger partial charge < -0.3 is 29.4 Å². The van der Waals surface area contributed by atoms with Gasteiger partial charge in [-0.05, 0) is 51.2 Å². The molecule has 1 saturated carbocycles. The van der Waals surface area contributed by atoms with Crippen molar-refractivity contribution in [1.82, 2.24) is 29.8 Å². The molecule has 0 aromatic carbocycles. The van der Waals surface area contributed by atoms with Gasteiger partial charge in [-0.15, -0.1) is 5.10 Å². The van der Waals surface area contributed by atoms with Crippen LogP contribution in [0, 0.1) is 0 Å². The molecule has 2 aliphatic rings. The molecule has 11 heteroatoms. The number of piperidine rings is 1. The van der Waals surface area contributed by atoms with E-state index in [0.717, 1.165) is 48.4 Å². The number of nitrogens with zero attached hydrogens (tertiary/aromatic N) is 6. The maximum absolute atomic E-state index is 10.8. The molecule has 1 saturated heterocycles. The van der Waals surface area contributed by atoms with Crippen LogP contribution < -0.4 is 15.0 Å². The number of hydrogen-bond donors (Lipinski definition) is 2. The predicted octanol–water partition coefficient (Wildman–Crippen LogP) is 3.25. The van der Waals surface area contributed by atoms with Gasteiger partial charge in [-0.25, -0.2) is 19.3 Å². The van der Waals surface area contributed by atoms with Crippen LogP contribution >= 0.6 is 0 Å². The molecule has 11 nitrogen and oxygen atoms in total. The highest BCUT2D eigenvalue weighted by Crippen LogP contribution is 2.34. The van der Waals surface area contributed by atoms with Crippen molar-refractivity contribution in [3.63, 3.8) is 0 Å². The SMILES string of the molecule is CN1CCC(N(C)c2nccc3oc(-c4cnc5ccc(O[C@H]6C[C@H](NC(=O)O)C6)nn45)cc23)CC1. The number of aromatic nitrogens is 4. The second kappa shape index (κ2) is 8.98. The molecule has 1 aliphatic heterocycles. The first-order valence-corrected chi connectivity index (χ1v) is 12.3. The first-order chi connectivity index (χ1) is 17.4. The lowest BCUT2D eigenvalue weighted by molar-refractivity contribution is 0.0782. The van der Waals surface area contributed by atoms with Gasteiger partial charge in [0, 0.05) is 44.2 Å². The zero-order chi connectivity index (χ0) is 24.8. The second-order valence-corrected chi connectivity index (χ2v) is 9.75. The Kier molecular flexibility index (Phi) is 5.63. The van der Waals surface area contributed by atoms with Crippen molar-refractivity contribution >= 4 is 28.5 Å². The lowest BCUT2D eigenvalue weighted by Crippen LogP contribution is -2.48. The van der Waals surface area contributed by atoms with Crippen molar-refractivity contribution in [3.05, 3.63) is 36.7 Å². The van der Waals surface area contributed by atoms with E-state index < -0.39 is 6.09 Å². The number of furan rings is 1. The molecular weight excluding hydrogens is 462 g/mol. The summed E-state index contributed by atoms with van der Waals surface area (Å²) in [4.78, 5) is 24.6. The fourth-order valence-electron chi connectivity index (χ4n) is 5.12. The number of anilines is 1. The Morgan fingerprint density at radius 1 is 1.22 bits per heavy atom. The molecule has 1 aliphatic carbocycles. The van der Waals surface area contributed by atoms with Crippen molar-refractivity contribution in [2.75, 3.05) is 32.1 Å². The average Bonchev–Trinajstić information content (AvgIpc) is 3.46. The minimum atomic E-state index is -1.01. The number of carboxylic acid groups (broad SMARTS) is 1. The number of amides is 1. The number of carbonyl (C=O) groups is 1. The van der Waals surface area contributed by atoms with E-state index in [-0.39, 0.29) is 12.1 Å². The van der Waals surface area contributed by atoms with Crippen molar-refractivity contribution < 1.29 is 19.1 Å². The summed E-state index contributed by atoms with van der Waals surface area (Å²) in [5.41, 5.74) is 2.17. The first kappa shape index (κ1) is 22.6. The van der Waals surface area contributed by atoms with E-state index in [0.29, 0.717) is 36.2 Å². The molecule has 2 fully saturated rings. The molecule has 6 rings (SSSR count). The van der Waals surface area contributed by atoms with Crippen LogP contribution in [0.3, 0.4) is 0 Å². The normalized spacial score (nSPS) is 20.9. The lowest BCUT2D eigenvalue weighted by Gasteiger charge is -2.35. The monoisotopic (exact) mass is 491 g/mol. The van der Waals surface area contributed by atoms with E-state index in [1.807, 2.05) is 18.2 Å². The maximum Gasteiger partial charge on any atom is 0.404 e. The Morgan fingerprint density at radius 3 is 2.81 bits per heavy atom. The van der Waals surface area contributed by atoms with Gasteiger partial charge in [0.2, 0.25) is 5.88 Å². The van der Waals surface area contributed by atoms with E-state index in [1.165, 1.54) is 0 Å². The summed E-state index contributed by atoms with van der Waals surface area (Å²) in [5.74, 6) is 2.03. The van der Waals surface area contributed by atoms with Gasteiger partial charge in [0.15, 0.2) is 11.4 Å². The summed E-state index contributed by atoms with van der Waals surface area (Å²) in [6.45, 7) is 2.16. The summed E-state index contributed by atoms with van der Waals surface area (Å²) < 4.78 is 13.9. The zero-order valence-corrected chi connectivity index (χ0v) is 20.3. The quantitative estimate of drug-likeness (QED) is 0.419. The molecule has 5 heterocycles. The van der Waals surface area contributed by atoms with Gasteiger partial charge in [-0.1, -0.05) is 0 Å². The molecular formula is C25H29N7O4. The summed E-state index contributed by atoms with van der Waals surface area (Å²) in [5, 5.41) is 16.9. The van der Waals surface area contributed by atoms with E-state index in [2.05, 4.69) is 39.3 Å². The smallest absolute Gasteiger partial charge is 0.404 e. The fraction of sp³-hybridized carbons (Fsp3) is 0.440. The number of imidazole rings is 1. The Hall–Kier alpha value is -3.86. The Morgan fingerprint density at radius 2 is 2.03 bits per heavy atom. The van der Waals surface area contributed by atoms with Crippen LogP contribution in [0.1, 0.15) is 25.7 Å². The third-order valence-corrected chi connectivity index (χ3v) is 7.29. The zero-order valence-electron chi connectivity index (χ0n) is 20.3. The molecule has 4 aromatic heterocycles. The van der Waals surface area contributed by atoms with Crippen LogP contribution in [0.5, 0.6) is 5.88 Å². The van der Waals surface area contributed by atoms with Crippen molar-refractivity contribution in [1.29, 1.82) is 0 Å². The molecule has 0 atom stereocenters. The molecule has 0 unspecified atom stereocenters. The molecule has 0 radical (unpaired) electrons. The van der Waals surface area contributed by atoms with Crippen LogP contribution in [-0.2, 0) is 0 Å². The van der Waals surface area contributed by atoms with Crippen LogP contribution in [-0.4, -0.2) is 81.1 Å². The molecule has 0 spiro atoms. The molecule has 36 heavy (non-hydrogen) atoms. The van der Waals surface area contributed by atoms with Gasteiger partial charge in [0.1, 0.15) is 23.2 Å².